The monoisotopic (exact) mass is 223 g/mol. The zero-order valence-electron chi connectivity index (χ0n) is 9.53. The number of pyridine rings is 1. The van der Waals surface area contributed by atoms with Gasteiger partial charge in [0.2, 0.25) is 5.91 Å². The fraction of sp³-hybridized carbons (Fsp3) is 0.400. The molecule has 0 aliphatic heterocycles. The molecule has 1 aromatic rings. The minimum Gasteiger partial charge on any atom is -0.358 e. The van der Waals surface area contributed by atoms with Crippen molar-refractivity contribution in [1.82, 2.24) is 15.2 Å². The highest BCUT2D eigenvalue weighted by Crippen LogP contribution is 2.11. The van der Waals surface area contributed by atoms with Gasteiger partial charge in [-0.1, -0.05) is 6.07 Å². The maximum Gasteiger partial charge on any atom is 0.233 e. The van der Waals surface area contributed by atoms with Crippen LogP contribution in [0.1, 0.15) is 5.56 Å². The predicted molar refractivity (Wildman–Crippen MR) is 62.4 cm³/mol. The van der Waals surface area contributed by atoms with Gasteiger partial charge in [0.15, 0.2) is 0 Å². The standard InChI is InChI=1S/C10H17N5O/c1-12-9(16)7-15(2)6-8-4-3-5-13-10(8)14-11/h3-5H,6-7,11H2,1-2H3,(H,12,16)(H,13,14). The van der Waals surface area contributed by atoms with E-state index in [-0.39, 0.29) is 5.91 Å². The Morgan fingerprint density at radius 1 is 1.62 bits per heavy atom. The molecule has 0 aliphatic carbocycles. The van der Waals surface area contributed by atoms with Crippen molar-refractivity contribution in [3.63, 3.8) is 0 Å². The van der Waals surface area contributed by atoms with E-state index >= 15 is 0 Å². The number of hydrogen-bond donors (Lipinski definition) is 3. The lowest BCUT2D eigenvalue weighted by Gasteiger charge is -2.16. The molecule has 0 saturated carbocycles. The highest BCUT2D eigenvalue weighted by atomic mass is 16.1. The summed E-state index contributed by atoms with van der Waals surface area (Å²) in [5, 5.41) is 2.57. The van der Waals surface area contributed by atoms with Crippen molar-refractivity contribution in [3.05, 3.63) is 23.9 Å². The Morgan fingerprint density at radius 2 is 2.38 bits per heavy atom. The Balaban J connectivity index is 2.61. The normalized spacial score (nSPS) is 10.2. The van der Waals surface area contributed by atoms with Crippen LogP contribution < -0.4 is 16.6 Å². The number of hydrogen-bond acceptors (Lipinski definition) is 5. The summed E-state index contributed by atoms with van der Waals surface area (Å²) in [6.45, 7) is 0.955. The van der Waals surface area contributed by atoms with Crippen LogP contribution in [0.5, 0.6) is 0 Å². The van der Waals surface area contributed by atoms with E-state index in [4.69, 9.17) is 5.84 Å². The molecule has 0 atom stereocenters. The van der Waals surface area contributed by atoms with Crippen LogP contribution >= 0.6 is 0 Å². The zero-order chi connectivity index (χ0) is 12.0. The molecule has 0 aliphatic rings. The van der Waals surface area contributed by atoms with Crippen LogP contribution in [-0.4, -0.2) is 36.4 Å². The lowest BCUT2D eigenvalue weighted by molar-refractivity contribution is -0.121. The molecule has 0 radical (unpaired) electrons. The molecule has 16 heavy (non-hydrogen) atoms. The van der Waals surface area contributed by atoms with Gasteiger partial charge in [0.05, 0.1) is 6.54 Å². The Morgan fingerprint density at radius 3 is 3.00 bits per heavy atom. The molecule has 0 unspecified atom stereocenters. The quantitative estimate of drug-likeness (QED) is 0.465. The summed E-state index contributed by atoms with van der Waals surface area (Å²) in [5.74, 6) is 5.95. The number of anilines is 1. The van der Waals surface area contributed by atoms with Crippen LogP contribution in [0.15, 0.2) is 18.3 Å². The number of nitrogens with two attached hydrogens (primary N) is 1. The third kappa shape index (κ3) is 3.48. The third-order valence-corrected chi connectivity index (χ3v) is 2.16. The van der Waals surface area contributed by atoms with Crippen molar-refractivity contribution in [1.29, 1.82) is 0 Å². The zero-order valence-corrected chi connectivity index (χ0v) is 9.53. The number of rotatable bonds is 5. The fourth-order valence-electron chi connectivity index (χ4n) is 1.37. The number of nitrogens with one attached hydrogen (secondary N) is 2. The Labute approximate surface area is 94.8 Å². The lowest BCUT2D eigenvalue weighted by atomic mass is 10.2. The number of aromatic nitrogens is 1. The van der Waals surface area contributed by atoms with Gasteiger partial charge in [0, 0.05) is 25.4 Å². The Kier molecular flexibility index (Phi) is 4.68. The topological polar surface area (TPSA) is 83.3 Å². The Hall–Kier alpha value is -1.66. The lowest BCUT2D eigenvalue weighted by Crippen LogP contribution is -2.32. The van der Waals surface area contributed by atoms with E-state index < -0.39 is 0 Å². The number of carbonyl (C=O) groups is 1. The molecule has 0 aromatic carbocycles. The van der Waals surface area contributed by atoms with Crippen LogP contribution in [-0.2, 0) is 11.3 Å². The minimum atomic E-state index is -0.0198. The van der Waals surface area contributed by atoms with Gasteiger partial charge >= 0.3 is 0 Å². The van der Waals surface area contributed by atoms with E-state index in [1.165, 1.54) is 0 Å². The van der Waals surface area contributed by atoms with E-state index in [1.54, 1.807) is 13.2 Å². The van der Waals surface area contributed by atoms with Gasteiger partial charge in [-0.3, -0.25) is 9.69 Å². The summed E-state index contributed by atoms with van der Waals surface area (Å²) in [4.78, 5) is 17.1. The molecule has 1 heterocycles. The highest BCUT2D eigenvalue weighted by molar-refractivity contribution is 5.77. The average Bonchev–Trinajstić information content (AvgIpc) is 2.29. The molecule has 4 N–H and O–H groups in total. The molecule has 1 rings (SSSR count). The molecule has 88 valence electrons. The van der Waals surface area contributed by atoms with E-state index in [0.717, 1.165) is 5.56 Å². The fourth-order valence-corrected chi connectivity index (χ4v) is 1.37. The first kappa shape index (κ1) is 12.4. The van der Waals surface area contributed by atoms with Gasteiger partial charge in [-0.05, 0) is 13.1 Å². The second kappa shape index (κ2) is 6.04. The van der Waals surface area contributed by atoms with Crippen LogP contribution in [0, 0.1) is 0 Å². The van der Waals surface area contributed by atoms with Crippen molar-refractivity contribution >= 4 is 11.7 Å². The SMILES string of the molecule is CNC(=O)CN(C)Cc1cccnc1NN. The summed E-state index contributed by atoms with van der Waals surface area (Å²) < 4.78 is 0. The number of hydrazine groups is 1. The third-order valence-electron chi connectivity index (χ3n) is 2.16. The van der Waals surface area contributed by atoms with Crippen LogP contribution in [0.2, 0.25) is 0 Å². The maximum atomic E-state index is 11.2. The molecule has 0 saturated heterocycles. The molecular formula is C10H17N5O. The summed E-state index contributed by atoms with van der Waals surface area (Å²) >= 11 is 0. The van der Waals surface area contributed by atoms with Crippen LogP contribution in [0.4, 0.5) is 5.82 Å². The van der Waals surface area contributed by atoms with Gasteiger partial charge in [-0.25, -0.2) is 10.8 Å². The molecule has 0 spiro atoms. The number of nitrogens with zero attached hydrogens (tertiary/aromatic N) is 2. The Bertz CT molecular complexity index is 355. The number of carbonyl (C=O) groups excluding carboxylic acids is 1. The van der Waals surface area contributed by atoms with Gasteiger partial charge < -0.3 is 10.7 Å². The predicted octanol–water partition coefficient (Wildman–Crippen LogP) is -0.455. The number of nitrogen functional groups attached to an aromatic ring is 1. The van der Waals surface area contributed by atoms with Crippen LogP contribution in [0.25, 0.3) is 0 Å². The highest BCUT2D eigenvalue weighted by Gasteiger charge is 2.08. The summed E-state index contributed by atoms with van der Waals surface area (Å²) in [6, 6.07) is 3.76. The van der Waals surface area contributed by atoms with E-state index in [9.17, 15) is 4.79 Å². The molecule has 6 nitrogen and oxygen atoms in total. The molecule has 6 heteroatoms. The van der Waals surface area contributed by atoms with E-state index in [1.807, 2.05) is 24.1 Å². The second-order valence-electron chi connectivity index (χ2n) is 3.50. The summed E-state index contributed by atoms with van der Waals surface area (Å²) in [5.41, 5.74) is 3.48. The first-order valence-corrected chi connectivity index (χ1v) is 4.97. The van der Waals surface area contributed by atoms with Crippen molar-refractivity contribution in [3.8, 4) is 0 Å². The maximum absolute atomic E-state index is 11.2. The number of likely N-dealkylation sites (N-methyl/N-ethyl adjacent to an activating group) is 2. The van der Waals surface area contributed by atoms with E-state index in [2.05, 4.69) is 15.7 Å². The first-order chi connectivity index (χ1) is 7.67. The minimum absolute atomic E-state index is 0.0198. The molecular weight excluding hydrogens is 206 g/mol. The van der Waals surface area contributed by atoms with Gasteiger partial charge in [-0.15, -0.1) is 0 Å². The second-order valence-corrected chi connectivity index (χ2v) is 3.50. The van der Waals surface area contributed by atoms with Gasteiger partial charge in [-0.2, -0.15) is 0 Å². The summed E-state index contributed by atoms with van der Waals surface area (Å²) in [6.07, 6.45) is 1.66. The molecule has 1 aromatic heterocycles. The molecule has 1 amide bonds. The van der Waals surface area contributed by atoms with Crippen LogP contribution in [0.3, 0.4) is 0 Å². The smallest absolute Gasteiger partial charge is 0.233 e. The van der Waals surface area contributed by atoms with Crippen molar-refractivity contribution < 1.29 is 4.79 Å². The molecule has 0 fully saturated rings. The van der Waals surface area contributed by atoms with Gasteiger partial charge in [0.1, 0.15) is 5.82 Å². The molecule has 0 bridgehead atoms. The first-order valence-electron chi connectivity index (χ1n) is 4.97. The van der Waals surface area contributed by atoms with E-state index in [0.29, 0.717) is 18.9 Å². The van der Waals surface area contributed by atoms with Crippen molar-refractivity contribution in [2.75, 3.05) is 26.1 Å². The largest absolute Gasteiger partial charge is 0.358 e. The summed E-state index contributed by atoms with van der Waals surface area (Å²) in [7, 11) is 3.48. The van der Waals surface area contributed by atoms with Gasteiger partial charge in [0.25, 0.3) is 0 Å². The van der Waals surface area contributed by atoms with Crippen molar-refractivity contribution in [2.45, 2.75) is 6.54 Å². The number of amides is 1. The average molecular weight is 223 g/mol. The van der Waals surface area contributed by atoms with Crippen molar-refractivity contribution in [2.24, 2.45) is 5.84 Å².